The van der Waals surface area contributed by atoms with Crippen LogP contribution in [0.5, 0.6) is 0 Å². The van der Waals surface area contributed by atoms with Gasteiger partial charge in [-0.3, -0.25) is 0 Å². The van der Waals surface area contributed by atoms with Gasteiger partial charge in [0.25, 0.3) is 0 Å². The van der Waals surface area contributed by atoms with Crippen LogP contribution < -0.4 is 5.73 Å². The molecule has 2 atom stereocenters. The molecule has 96 valence electrons. The van der Waals surface area contributed by atoms with E-state index < -0.39 is 6.10 Å². The van der Waals surface area contributed by atoms with E-state index in [0.717, 1.165) is 5.56 Å². The smallest absolute Gasteiger partial charge is 0.132 e. The maximum atomic E-state index is 10.3. The molecule has 0 saturated heterocycles. The lowest BCUT2D eigenvalue weighted by molar-refractivity contribution is 0.122. The Morgan fingerprint density at radius 2 is 2.06 bits per heavy atom. The van der Waals surface area contributed by atoms with E-state index in [1.54, 1.807) is 30.3 Å². The molecule has 0 fully saturated rings. The van der Waals surface area contributed by atoms with Crippen molar-refractivity contribution in [2.24, 2.45) is 5.73 Å². The highest BCUT2D eigenvalue weighted by atomic mass is 35.5. The van der Waals surface area contributed by atoms with E-state index in [2.05, 4.69) is 0 Å². The molecule has 1 heterocycles. The van der Waals surface area contributed by atoms with Gasteiger partial charge in [-0.05, 0) is 29.8 Å². The van der Waals surface area contributed by atoms with E-state index in [-0.39, 0.29) is 12.5 Å². The summed E-state index contributed by atoms with van der Waals surface area (Å²) < 4.78 is 5.19. The molecule has 0 spiro atoms. The van der Waals surface area contributed by atoms with Crippen molar-refractivity contribution in [3.63, 3.8) is 0 Å². The molecule has 0 aliphatic heterocycles. The maximum Gasteiger partial charge on any atom is 0.132 e. The van der Waals surface area contributed by atoms with Crippen molar-refractivity contribution in [2.45, 2.75) is 12.0 Å². The molecule has 18 heavy (non-hydrogen) atoms. The van der Waals surface area contributed by atoms with Crippen LogP contribution in [0.3, 0.4) is 0 Å². The average Bonchev–Trinajstić information content (AvgIpc) is 2.86. The molecule has 5 heteroatoms. The Balaban J connectivity index is 2.33. The van der Waals surface area contributed by atoms with Crippen LogP contribution >= 0.6 is 23.2 Å². The summed E-state index contributed by atoms with van der Waals surface area (Å²) in [5.74, 6) is 0.136. The summed E-state index contributed by atoms with van der Waals surface area (Å²) in [5.41, 5.74) is 6.48. The van der Waals surface area contributed by atoms with Gasteiger partial charge < -0.3 is 15.3 Å². The number of halogens is 2. The minimum absolute atomic E-state index is 0.253. The second kappa shape index (κ2) is 5.76. The van der Waals surface area contributed by atoms with Crippen molar-refractivity contribution < 1.29 is 9.52 Å². The molecule has 1 aromatic heterocycles. The number of hydrogen-bond acceptors (Lipinski definition) is 3. The standard InChI is InChI=1S/C13H13Cl2NO2/c14-8-3-4-9(11(15)6-8)10(7-16)13(17)12-2-1-5-18-12/h1-6,10,13,17H,7,16H2. The first-order chi connectivity index (χ1) is 8.63. The first-order valence-electron chi connectivity index (χ1n) is 5.50. The fourth-order valence-corrected chi connectivity index (χ4v) is 2.43. The van der Waals surface area contributed by atoms with Crippen LogP contribution in [-0.4, -0.2) is 11.7 Å². The molecule has 2 rings (SSSR count). The Labute approximate surface area is 115 Å². The average molecular weight is 286 g/mol. The Kier molecular flexibility index (Phi) is 4.30. The van der Waals surface area contributed by atoms with Crippen LogP contribution in [0.4, 0.5) is 0 Å². The normalized spacial score (nSPS) is 14.4. The Bertz CT molecular complexity index is 514. The fraction of sp³-hybridized carbons (Fsp3) is 0.231. The van der Waals surface area contributed by atoms with E-state index >= 15 is 0 Å². The van der Waals surface area contributed by atoms with Crippen molar-refractivity contribution in [3.8, 4) is 0 Å². The molecule has 3 nitrogen and oxygen atoms in total. The highest BCUT2D eigenvalue weighted by molar-refractivity contribution is 6.35. The predicted octanol–water partition coefficient (Wildman–Crippen LogP) is 3.36. The minimum Gasteiger partial charge on any atom is -0.467 e. The van der Waals surface area contributed by atoms with Gasteiger partial charge in [-0.2, -0.15) is 0 Å². The first kappa shape index (κ1) is 13.4. The zero-order valence-electron chi connectivity index (χ0n) is 9.51. The van der Waals surface area contributed by atoms with Crippen molar-refractivity contribution in [3.05, 3.63) is 58.0 Å². The minimum atomic E-state index is -0.830. The van der Waals surface area contributed by atoms with Gasteiger partial charge in [0.2, 0.25) is 0 Å². The predicted molar refractivity (Wildman–Crippen MR) is 71.9 cm³/mol. The van der Waals surface area contributed by atoms with Crippen LogP contribution in [-0.2, 0) is 0 Å². The van der Waals surface area contributed by atoms with Crippen LogP contribution in [0.1, 0.15) is 23.3 Å². The van der Waals surface area contributed by atoms with Crippen LogP contribution in [0, 0.1) is 0 Å². The maximum absolute atomic E-state index is 10.3. The number of hydrogen-bond donors (Lipinski definition) is 2. The zero-order chi connectivity index (χ0) is 13.1. The van der Waals surface area contributed by atoms with Crippen LogP contribution in [0.15, 0.2) is 41.0 Å². The molecule has 0 saturated carbocycles. The summed E-state index contributed by atoms with van der Waals surface area (Å²) in [6.45, 7) is 0.253. The highest BCUT2D eigenvalue weighted by Gasteiger charge is 2.25. The molecule has 0 radical (unpaired) electrons. The molecule has 2 aromatic rings. The van der Waals surface area contributed by atoms with Gasteiger partial charge in [-0.25, -0.2) is 0 Å². The van der Waals surface area contributed by atoms with Gasteiger partial charge in [0.1, 0.15) is 11.9 Å². The van der Waals surface area contributed by atoms with E-state index in [9.17, 15) is 5.11 Å². The Hall–Kier alpha value is -1.00. The third kappa shape index (κ3) is 2.70. The fourth-order valence-electron chi connectivity index (χ4n) is 1.89. The van der Waals surface area contributed by atoms with E-state index in [0.29, 0.717) is 15.8 Å². The topological polar surface area (TPSA) is 59.4 Å². The van der Waals surface area contributed by atoms with Crippen molar-refractivity contribution in [1.29, 1.82) is 0 Å². The van der Waals surface area contributed by atoms with E-state index in [1.165, 1.54) is 6.26 Å². The third-order valence-electron chi connectivity index (χ3n) is 2.83. The zero-order valence-corrected chi connectivity index (χ0v) is 11.0. The third-order valence-corrected chi connectivity index (χ3v) is 3.39. The quantitative estimate of drug-likeness (QED) is 0.906. The molecular formula is C13H13Cl2NO2. The lowest BCUT2D eigenvalue weighted by Crippen LogP contribution is -2.20. The molecular weight excluding hydrogens is 273 g/mol. The summed E-state index contributed by atoms with van der Waals surface area (Å²) in [7, 11) is 0. The molecule has 1 aromatic carbocycles. The molecule has 0 bridgehead atoms. The second-order valence-electron chi connectivity index (χ2n) is 3.97. The molecule has 3 N–H and O–H groups in total. The van der Waals surface area contributed by atoms with Gasteiger partial charge in [0.15, 0.2) is 0 Å². The van der Waals surface area contributed by atoms with E-state index in [1.807, 2.05) is 0 Å². The molecule has 2 unspecified atom stereocenters. The molecule has 0 amide bonds. The van der Waals surface area contributed by atoms with Crippen molar-refractivity contribution in [1.82, 2.24) is 0 Å². The van der Waals surface area contributed by atoms with Crippen molar-refractivity contribution >= 4 is 23.2 Å². The van der Waals surface area contributed by atoms with Crippen LogP contribution in [0.25, 0.3) is 0 Å². The first-order valence-corrected chi connectivity index (χ1v) is 6.25. The van der Waals surface area contributed by atoms with Crippen LogP contribution in [0.2, 0.25) is 10.0 Å². The summed E-state index contributed by atoms with van der Waals surface area (Å²) >= 11 is 12.0. The Morgan fingerprint density at radius 1 is 1.28 bits per heavy atom. The second-order valence-corrected chi connectivity index (χ2v) is 4.81. The highest BCUT2D eigenvalue weighted by Crippen LogP contribution is 2.35. The number of nitrogens with two attached hydrogens (primary N) is 1. The van der Waals surface area contributed by atoms with Gasteiger partial charge in [0, 0.05) is 22.5 Å². The summed E-state index contributed by atoms with van der Waals surface area (Å²) in [5, 5.41) is 11.3. The number of furan rings is 1. The summed E-state index contributed by atoms with van der Waals surface area (Å²) in [6.07, 6.45) is 0.680. The molecule has 0 aliphatic carbocycles. The lowest BCUT2D eigenvalue weighted by Gasteiger charge is -2.21. The number of aliphatic hydroxyl groups excluding tert-OH is 1. The van der Waals surface area contributed by atoms with Gasteiger partial charge in [-0.15, -0.1) is 0 Å². The van der Waals surface area contributed by atoms with Gasteiger partial charge in [0.05, 0.1) is 6.26 Å². The van der Waals surface area contributed by atoms with Crippen molar-refractivity contribution in [2.75, 3.05) is 6.54 Å². The SMILES string of the molecule is NCC(c1ccc(Cl)cc1Cl)C(O)c1ccco1. The monoisotopic (exact) mass is 285 g/mol. The Morgan fingerprint density at radius 3 is 2.61 bits per heavy atom. The van der Waals surface area contributed by atoms with Gasteiger partial charge in [-0.1, -0.05) is 29.3 Å². The number of benzene rings is 1. The summed E-state index contributed by atoms with van der Waals surface area (Å²) in [4.78, 5) is 0. The molecule has 0 aliphatic rings. The van der Waals surface area contributed by atoms with Gasteiger partial charge >= 0.3 is 0 Å². The summed E-state index contributed by atoms with van der Waals surface area (Å²) in [6, 6.07) is 8.55. The van der Waals surface area contributed by atoms with E-state index in [4.69, 9.17) is 33.4 Å². The number of aliphatic hydroxyl groups is 1. The lowest BCUT2D eigenvalue weighted by atomic mass is 9.92. The largest absolute Gasteiger partial charge is 0.467 e. The number of rotatable bonds is 4.